The third kappa shape index (κ3) is 2.48. The lowest BCUT2D eigenvalue weighted by atomic mass is 10.1. The standard InChI is InChI=1S/C15H15F3N4O/c1-8-12-13(21-20-8)10-7-9(15(16,17)18)3-4-11(10)22(14(12)23)6-2-5-19/h3-4,7H,2,5-6,19H2,1H3,(H,20,21). The number of fused-ring (bicyclic) bond motifs is 3. The van der Waals surface area contributed by atoms with E-state index in [0.717, 1.165) is 12.1 Å². The van der Waals surface area contributed by atoms with E-state index < -0.39 is 11.7 Å². The van der Waals surface area contributed by atoms with Gasteiger partial charge in [-0.15, -0.1) is 0 Å². The Hall–Kier alpha value is -2.35. The molecule has 0 aliphatic heterocycles. The van der Waals surface area contributed by atoms with Crippen LogP contribution in [0.15, 0.2) is 23.0 Å². The second-order valence-electron chi connectivity index (χ2n) is 5.40. The third-order valence-corrected chi connectivity index (χ3v) is 3.86. The summed E-state index contributed by atoms with van der Waals surface area (Å²) < 4.78 is 40.4. The summed E-state index contributed by atoms with van der Waals surface area (Å²) in [6.45, 7) is 2.40. The van der Waals surface area contributed by atoms with Gasteiger partial charge in [0, 0.05) is 17.6 Å². The Kier molecular flexibility index (Phi) is 3.63. The van der Waals surface area contributed by atoms with Gasteiger partial charge < -0.3 is 10.3 Å². The van der Waals surface area contributed by atoms with E-state index in [4.69, 9.17) is 5.73 Å². The van der Waals surface area contributed by atoms with Gasteiger partial charge in [0.1, 0.15) is 5.52 Å². The van der Waals surface area contributed by atoms with Crippen LogP contribution in [0.3, 0.4) is 0 Å². The van der Waals surface area contributed by atoms with E-state index in [1.54, 1.807) is 6.92 Å². The Morgan fingerprint density at radius 2 is 2.09 bits per heavy atom. The highest BCUT2D eigenvalue weighted by molar-refractivity contribution is 6.04. The Balaban J connectivity index is 2.42. The van der Waals surface area contributed by atoms with E-state index in [1.807, 2.05) is 0 Å². The summed E-state index contributed by atoms with van der Waals surface area (Å²) in [5, 5.41) is 7.32. The van der Waals surface area contributed by atoms with E-state index in [0.29, 0.717) is 41.5 Å². The van der Waals surface area contributed by atoms with Gasteiger partial charge in [0.15, 0.2) is 0 Å². The highest BCUT2D eigenvalue weighted by atomic mass is 19.4. The number of aromatic nitrogens is 3. The van der Waals surface area contributed by atoms with Crippen molar-refractivity contribution in [3.8, 4) is 0 Å². The molecule has 0 saturated heterocycles. The number of nitrogens with two attached hydrogens (primary N) is 1. The summed E-state index contributed by atoms with van der Waals surface area (Å²) >= 11 is 0. The number of pyridine rings is 1. The van der Waals surface area contributed by atoms with Gasteiger partial charge in [-0.3, -0.25) is 9.89 Å². The summed E-state index contributed by atoms with van der Waals surface area (Å²) in [6, 6.07) is 3.34. The van der Waals surface area contributed by atoms with Gasteiger partial charge in [-0.2, -0.15) is 18.3 Å². The molecule has 2 aromatic heterocycles. The highest BCUT2D eigenvalue weighted by Gasteiger charge is 2.31. The molecule has 3 rings (SSSR count). The van der Waals surface area contributed by atoms with Gasteiger partial charge in [-0.1, -0.05) is 0 Å². The number of hydrogen-bond acceptors (Lipinski definition) is 3. The number of hydrogen-bond donors (Lipinski definition) is 2. The average molecular weight is 324 g/mol. The monoisotopic (exact) mass is 324 g/mol. The fraction of sp³-hybridized carbons (Fsp3) is 0.333. The van der Waals surface area contributed by atoms with Crippen LogP contribution in [0, 0.1) is 6.92 Å². The van der Waals surface area contributed by atoms with Crippen LogP contribution in [-0.4, -0.2) is 21.3 Å². The lowest BCUT2D eigenvalue weighted by Gasteiger charge is -2.13. The largest absolute Gasteiger partial charge is 0.416 e. The Labute approximate surface area is 128 Å². The first kappa shape index (κ1) is 15.5. The molecule has 3 aromatic rings. The number of aromatic amines is 1. The van der Waals surface area contributed by atoms with Crippen LogP contribution in [0.5, 0.6) is 0 Å². The van der Waals surface area contributed by atoms with Crippen molar-refractivity contribution < 1.29 is 13.2 Å². The number of rotatable bonds is 3. The first-order valence-electron chi connectivity index (χ1n) is 7.13. The molecule has 5 nitrogen and oxygen atoms in total. The Bertz CT molecular complexity index is 940. The molecule has 0 unspecified atom stereocenters. The molecule has 0 atom stereocenters. The van der Waals surface area contributed by atoms with Gasteiger partial charge in [0.2, 0.25) is 0 Å². The van der Waals surface area contributed by atoms with Crippen molar-refractivity contribution in [3.05, 3.63) is 39.8 Å². The first-order valence-corrected chi connectivity index (χ1v) is 7.13. The molecule has 2 heterocycles. The SMILES string of the molecule is Cc1[nH]nc2c1c(=O)n(CCCN)c1ccc(C(F)(F)F)cc21. The maximum atomic E-state index is 13.0. The Morgan fingerprint density at radius 1 is 1.35 bits per heavy atom. The van der Waals surface area contributed by atoms with Crippen molar-refractivity contribution in [2.75, 3.05) is 6.54 Å². The van der Waals surface area contributed by atoms with Gasteiger partial charge in [0.25, 0.3) is 5.56 Å². The normalized spacial score (nSPS) is 12.4. The number of nitrogens with one attached hydrogen (secondary N) is 1. The molecule has 0 spiro atoms. The van der Waals surface area contributed by atoms with Crippen LogP contribution < -0.4 is 11.3 Å². The van der Waals surface area contributed by atoms with E-state index in [9.17, 15) is 18.0 Å². The Morgan fingerprint density at radius 3 is 2.74 bits per heavy atom. The minimum Gasteiger partial charge on any atom is -0.330 e. The molecule has 0 amide bonds. The topological polar surface area (TPSA) is 76.7 Å². The molecule has 0 aliphatic carbocycles. The smallest absolute Gasteiger partial charge is 0.330 e. The molecule has 0 fully saturated rings. The van der Waals surface area contributed by atoms with Crippen LogP contribution in [0.25, 0.3) is 21.8 Å². The van der Waals surface area contributed by atoms with Crippen LogP contribution in [0.4, 0.5) is 13.2 Å². The summed E-state index contributed by atoms with van der Waals surface area (Å²) in [6.07, 6.45) is -3.90. The number of benzene rings is 1. The fourth-order valence-electron chi connectivity index (χ4n) is 2.74. The van der Waals surface area contributed by atoms with E-state index in [2.05, 4.69) is 10.2 Å². The number of aryl methyl sites for hydroxylation is 2. The minimum absolute atomic E-state index is 0.262. The maximum absolute atomic E-state index is 13.0. The summed E-state index contributed by atoms with van der Waals surface area (Å²) in [7, 11) is 0. The average Bonchev–Trinajstić information content (AvgIpc) is 2.88. The van der Waals surface area contributed by atoms with E-state index in [1.165, 1.54) is 10.6 Å². The molecule has 122 valence electrons. The summed E-state index contributed by atoms with van der Waals surface area (Å²) in [5.74, 6) is 0. The van der Waals surface area contributed by atoms with Crippen molar-refractivity contribution in [2.24, 2.45) is 5.73 Å². The van der Waals surface area contributed by atoms with Crippen molar-refractivity contribution in [2.45, 2.75) is 26.1 Å². The van der Waals surface area contributed by atoms with E-state index >= 15 is 0 Å². The number of nitrogens with zero attached hydrogens (tertiary/aromatic N) is 2. The van der Waals surface area contributed by atoms with Crippen molar-refractivity contribution in [3.63, 3.8) is 0 Å². The van der Waals surface area contributed by atoms with Crippen LogP contribution in [0.2, 0.25) is 0 Å². The molecular formula is C15H15F3N4O. The third-order valence-electron chi connectivity index (χ3n) is 3.86. The molecule has 0 saturated carbocycles. The van der Waals surface area contributed by atoms with Gasteiger partial charge in [-0.05, 0) is 38.1 Å². The van der Waals surface area contributed by atoms with Crippen molar-refractivity contribution in [1.29, 1.82) is 0 Å². The molecule has 1 aromatic carbocycles. The molecule has 0 radical (unpaired) electrons. The summed E-state index contributed by atoms with van der Waals surface area (Å²) in [5.41, 5.74) is 5.67. The first-order chi connectivity index (χ1) is 10.8. The maximum Gasteiger partial charge on any atom is 0.416 e. The number of alkyl halides is 3. The molecule has 0 aliphatic rings. The second-order valence-corrected chi connectivity index (χ2v) is 5.40. The van der Waals surface area contributed by atoms with E-state index in [-0.39, 0.29) is 11.1 Å². The lowest BCUT2D eigenvalue weighted by Crippen LogP contribution is -2.22. The number of halogens is 3. The second kappa shape index (κ2) is 5.38. The van der Waals surface area contributed by atoms with Crippen molar-refractivity contribution in [1.82, 2.24) is 14.8 Å². The zero-order valence-corrected chi connectivity index (χ0v) is 12.4. The molecule has 3 N–H and O–H groups in total. The molecule has 8 heteroatoms. The predicted octanol–water partition coefficient (Wildman–Crippen LogP) is 2.55. The van der Waals surface area contributed by atoms with Crippen LogP contribution >= 0.6 is 0 Å². The van der Waals surface area contributed by atoms with Gasteiger partial charge >= 0.3 is 6.18 Å². The molecular weight excluding hydrogens is 309 g/mol. The molecule has 23 heavy (non-hydrogen) atoms. The van der Waals surface area contributed by atoms with Crippen LogP contribution in [-0.2, 0) is 12.7 Å². The highest BCUT2D eigenvalue weighted by Crippen LogP contribution is 2.33. The lowest BCUT2D eigenvalue weighted by molar-refractivity contribution is -0.137. The fourth-order valence-corrected chi connectivity index (χ4v) is 2.74. The zero-order valence-electron chi connectivity index (χ0n) is 12.4. The quantitative estimate of drug-likeness (QED) is 0.777. The predicted molar refractivity (Wildman–Crippen MR) is 81.3 cm³/mol. The number of H-pyrrole nitrogens is 1. The molecule has 0 bridgehead atoms. The van der Waals surface area contributed by atoms with Gasteiger partial charge in [-0.25, -0.2) is 0 Å². The van der Waals surface area contributed by atoms with Gasteiger partial charge in [0.05, 0.1) is 16.5 Å². The van der Waals surface area contributed by atoms with Crippen LogP contribution in [0.1, 0.15) is 17.7 Å². The zero-order chi connectivity index (χ0) is 16.8. The minimum atomic E-state index is -4.45. The van der Waals surface area contributed by atoms with Crippen molar-refractivity contribution >= 4 is 21.8 Å². The summed E-state index contributed by atoms with van der Waals surface area (Å²) in [4.78, 5) is 12.7.